The standard InChI is InChI=1S/C24H25N5OS/c1-17-13-20(15-25)14-18(2)23(17)30-22-7-8-26-24(28-22)27-21-5-3-19(4-6-21)16-29-9-11-31-12-10-29/h3-8,13-14H,9-12,16H2,1-2H3,(H,26,27,28). The Morgan fingerprint density at radius 1 is 1.10 bits per heavy atom. The van der Waals surface area contributed by atoms with Crippen molar-refractivity contribution in [2.75, 3.05) is 29.9 Å². The van der Waals surface area contributed by atoms with Gasteiger partial charge in [0.05, 0.1) is 11.6 Å². The number of benzene rings is 2. The maximum absolute atomic E-state index is 9.12. The second-order valence-corrected chi connectivity index (χ2v) is 8.81. The maximum Gasteiger partial charge on any atom is 0.230 e. The zero-order chi connectivity index (χ0) is 21.6. The van der Waals surface area contributed by atoms with Crippen LogP contribution in [0, 0.1) is 25.2 Å². The predicted molar refractivity (Wildman–Crippen MR) is 125 cm³/mol. The number of anilines is 2. The van der Waals surface area contributed by atoms with Crippen LogP contribution in [0.2, 0.25) is 0 Å². The van der Waals surface area contributed by atoms with Crippen LogP contribution >= 0.6 is 11.8 Å². The summed E-state index contributed by atoms with van der Waals surface area (Å²) in [4.78, 5) is 11.3. The van der Waals surface area contributed by atoms with Crippen LogP contribution in [0.5, 0.6) is 11.6 Å². The molecule has 158 valence electrons. The molecule has 0 aliphatic carbocycles. The Balaban J connectivity index is 1.42. The van der Waals surface area contributed by atoms with Gasteiger partial charge in [0.25, 0.3) is 0 Å². The van der Waals surface area contributed by atoms with E-state index in [4.69, 9.17) is 10.00 Å². The molecule has 0 bridgehead atoms. The molecule has 0 radical (unpaired) electrons. The Morgan fingerprint density at radius 3 is 2.48 bits per heavy atom. The lowest BCUT2D eigenvalue weighted by molar-refractivity contribution is 0.294. The summed E-state index contributed by atoms with van der Waals surface area (Å²) in [5.74, 6) is 4.08. The van der Waals surface area contributed by atoms with E-state index in [1.165, 1.54) is 17.1 Å². The Labute approximate surface area is 187 Å². The lowest BCUT2D eigenvalue weighted by Gasteiger charge is -2.26. The van der Waals surface area contributed by atoms with Gasteiger partial charge in [0.15, 0.2) is 0 Å². The Morgan fingerprint density at radius 2 is 1.81 bits per heavy atom. The molecular formula is C24H25N5OS. The highest BCUT2D eigenvalue weighted by atomic mass is 32.2. The monoisotopic (exact) mass is 431 g/mol. The van der Waals surface area contributed by atoms with Crippen LogP contribution < -0.4 is 10.1 Å². The van der Waals surface area contributed by atoms with E-state index in [9.17, 15) is 0 Å². The average molecular weight is 432 g/mol. The van der Waals surface area contributed by atoms with Crippen LogP contribution in [0.4, 0.5) is 11.6 Å². The highest BCUT2D eigenvalue weighted by Gasteiger charge is 2.11. The first-order chi connectivity index (χ1) is 15.1. The van der Waals surface area contributed by atoms with Crippen molar-refractivity contribution >= 4 is 23.4 Å². The third-order valence-corrected chi connectivity index (χ3v) is 6.09. The number of hydrogen-bond acceptors (Lipinski definition) is 7. The van der Waals surface area contributed by atoms with Crippen LogP contribution in [0.3, 0.4) is 0 Å². The van der Waals surface area contributed by atoms with Crippen molar-refractivity contribution < 1.29 is 4.74 Å². The van der Waals surface area contributed by atoms with E-state index in [-0.39, 0.29) is 0 Å². The summed E-state index contributed by atoms with van der Waals surface area (Å²) in [7, 11) is 0. The first kappa shape index (κ1) is 21.2. The van der Waals surface area contributed by atoms with Gasteiger partial charge in [0, 0.05) is 49.1 Å². The van der Waals surface area contributed by atoms with Gasteiger partial charge in [-0.25, -0.2) is 4.98 Å². The smallest absolute Gasteiger partial charge is 0.230 e. The van der Waals surface area contributed by atoms with E-state index in [1.807, 2.05) is 37.7 Å². The molecule has 0 unspecified atom stereocenters. The van der Waals surface area contributed by atoms with Crippen LogP contribution in [-0.2, 0) is 6.54 Å². The summed E-state index contributed by atoms with van der Waals surface area (Å²) in [6.45, 7) is 7.15. The van der Waals surface area contributed by atoms with E-state index in [2.05, 4.69) is 50.5 Å². The largest absolute Gasteiger partial charge is 0.438 e. The van der Waals surface area contributed by atoms with Gasteiger partial charge in [0.1, 0.15) is 5.75 Å². The number of ether oxygens (including phenoxy) is 1. The Kier molecular flexibility index (Phi) is 6.70. The van der Waals surface area contributed by atoms with Crippen molar-refractivity contribution in [1.82, 2.24) is 14.9 Å². The molecule has 0 saturated carbocycles. The number of hydrogen-bond donors (Lipinski definition) is 1. The van der Waals surface area contributed by atoms with Gasteiger partial charge >= 0.3 is 0 Å². The molecule has 6 nitrogen and oxygen atoms in total. The van der Waals surface area contributed by atoms with E-state index in [1.54, 1.807) is 12.3 Å². The maximum atomic E-state index is 9.12. The zero-order valence-electron chi connectivity index (χ0n) is 17.8. The second kappa shape index (κ2) is 9.82. The van der Waals surface area contributed by atoms with Gasteiger partial charge in [-0.15, -0.1) is 0 Å². The minimum atomic E-state index is 0.452. The lowest BCUT2D eigenvalue weighted by Crippen LogP contribution is -2.31. The summed E-state index contributed by atoms with van der Waals surface area (Å²) >= 11 is 2.03. The molecule has 1 saturated heterocycles. The summed E-state index contributed by atoms with van der Waals surface area (Å²) in [5.41, 5.74) is 4.65. The number of aromatic nitrogens is 2. The molecule has 1 aliphatic rings. The SMILES string of the molecule is Cc1cc(C#N)cc(C)c1Oc1ccnc(Nc2ccc(CN3CCSCC3)cc2)n1. The third kappa shape index (κ3) is 5.54. The number of thioether (sulfide) groups is 1. The normalized spacial score (nSPS) is 14.1. The van der Waals surface area contributed by atoms with Crippen molar-refractivity contribution in [3.8, 4) is 17.7 Å². The summed E-state index contributed by atoms with van der Waals surface area (Å²) in [6, 6.07) is 15.9. The minimum absolute atomic E-state index is 0.452. The molecule has 7 heteroatoms. The zero-order valence-corrected chi connectivity index (χ0v) is 18.6. The van der Waals surface area contributed by atoms with Gasteiger partial charge in [0.2, 0.25) is 11.8 Å². The highest BCUT2D eigenvalue weighted by molar-refractivity contribution is 7.99. The molecule has 31 heavy (non-hydrogen) atoms. The topological polar surface area (TPSA) is 74.1 Å². The molecular weight excluding hydrogens is 406 g/mol. The van der Waals surface area contributed by atoms with E-state index in [0.29, 0.717) is 23.1 Å². The van der Waals surface area contributed by atoms with Gasteiger partial charge in [-0.05, 0) is 54.8 Å². The van der Waals surface area contributed by atoms with Gasteiger partial charge in [-0.1, -0.05) is 12.1 Å². The molecule has 1 N–H and O–H groups in total. The number of rotatable bonds is 6. The van der Waals surface area contributed by atoms with E-state index >= 15 is 0 Å². The van der Waals surface area contributed by atoms with E-state index in [0.717, 1.165) is 36.4 Å². The summed E-state index contributed by atoms with van der Waals surface area (Å²) in [6.07, 6.45) is 1.67. The van der Waals surface area contributed by atoms with Crippen LogP contribution in [-0.4, -0.2) is 39.5 Å². The van der Waals surface area contributed by atoms with Crippen molar-refractivity contribution in [3.05, 3.63) is 70.9 Å². The van der Waals surface area contributed by atoms with Crippen molar-refractivity contribution in [3.63, 3.8) is 0 Å². The molecule has 0 atom stereocenters. The molecule has 0 spiro atoms. The third-order valence-electron chi connectivity index (χ3n) is 5.15. The first-order valence-electron chi connectivity index (χ1n) is 10.3. The van der Waals surface area contributed by atoms with Gasteiger partial charge < -0.3 is 10.1 Å². The summed E-state index contributed by atoms with van der Waals surface area (Å²) in [5, 5.41) is 12.4. The average Bonchev–Trinajstić information content (AvgIpc) is 2.78. The van der Waals surface area contributed by atoms with Crippen LogP contribution in [0.1, 0.15) is 22.3 Å². The number of aryl methyl sites for hydroxylation is 2. The van der Waals surface area contributed by atoms with Crippen LogP contribution in [0.25, 0.3) is 0 Å². The molecule has 1 aromatic heterocycles. The fraction of sp³-hybridized carbons (Fsp3) is 0.292. The van der Waals surface area contributed by atoms with Crippen molar-refractivity contribution in [2.45, 2.75) is 20.4 Å². The number of nitriles is 1. The molecule has 1 aliphatic heterocycles. The van der Waals surface area contributed by atoms with Gasteiger partial charge in [-0.3, -0.25) is 4.90 Å². The second-order valence-electron chi connectivity index (χ2n) is 7.58. The van der Waals surface area contributed by atoms with Crippen LogP contribution in [0.15, 0.2) is 48.7 Å². The molecule has 2 heterocycles. The lowest BCUT2D eigenvalue weighted by atomic mass is 10.1. The van der Waals surface area contributed by atoms with E-state index < -0.39 is 0 Å². The van der Waals surface area contributed by atoms with Crippen molar-refractivity contribution in [1.29, 1.82) is 5.26 Å². The molecule has 2 aromatic carbocycles. The first-order valence-corrected chi connectivity index (χ1v) is 11.4. The summed E-state index contributed by atoms with van der Waals surface area (Å²) < 4.78 is 6.01. The molecule has 3 aromatic rings. The molecule has 0 amide bonds. The quantitative estimate of drug-likeness (QED) is 0.585. The number of nitrogens with zero attached hydrogens (tertiary/aromatic N) is 4. The fourth-order valence-electron chi connectivity index (χ4n) is 3.58. The highest BCUT2D eigenvalue weighted by Crippen LogP contribution is 2.29. The fourth-order valence-corrected chi connectivity index (χ4v) is 4.56. The minimum Gasteiger partial charge on any atom is -0.438 e. The molecule has 1 fully saturated rings. The Hall–Kier alpha value is -3.08. The van der Waals surface area contributed by atoms with Gasteiger partial charge in [-0.2, -0.15) is 22.0 Å². The predicted octanol–water partition coefficient (Wildman–Crippen LogP) is 5.05. The van der Waals surface area contributed by atoms with Crippen molar-refractivity contribution in [2.24, 2.45) is 0 Å². The molecule has 4 rings (SSSR count). The Bertz CT molecular complexity index is 1060. The number of nitrogens with one attached hydrogen (secondary N) is 1.